The number of ketones is 2. The van der Waals surface area contributed by atoms with E-state index in [1.165, 1.54) is 6.07 Å². The predicted molar refractivity (Wildman–Crippen MR) is 142 cm³/mol. The number of aromatic nitrogens is 2. The Balaban J connectivity index is 1.60. The van der Waals surface area contributed by atoms with Gasteiger partial charge in [-0.1, -0.05) is 6.92 Å². The van der Waals surface area contributed by atoms with Crippen LogP contribution in [-0.2, 0) is 34.6 Å². The van der Waals surface area contributed by atoms with Crippen LogP contribution in [0.25, 0.3) is 22.3 Å². The van der Waals surface area contributed by atoms with Crippen molar-refractivity contribution in [3.05, 3.63) is 61.7 Å². The Morgan fingerprint density at radius 1 is 1.21 bits per heavy atom. The van der Waals surface area contributed by atoms with Crippen LogP contribution in [-0.4, -0.2) is 32.8 Å². The van der Waals surface area contributed by atoms with Crippen molar-refractivity contribution in [2.75, 3.05) is 6.54 Å². The number of carbonyl (C=O) groups excluding carboxylic acids is 2. The lowest BCUT2D eigenvalue weighted by Crippen LogP contribution is -2.43. The zero-order valence-electron chi connectivity index (χ0n) is 21.8. The molecule has 0 bridgehead atoms. The molecule has 0 spiro atoms. The highest BCUT2D eigenvalue weighted by atomic mass is 19.1. The van der Waals surface area contributed by atoms with Gasteiger partial charge in [0.05, 0.1) is 23.4 Å². The summed E-state index contributed by atoms with van der Waals surface area (Å²) >= 11 is 0. The quantitative estimate of drug-likeness (QED) is 0.403. The van der Waals surface area contributed by atoms with Gasteiger partial charge in [-0.05, 0) is 74.2 Å². The van der Waals surface area contributed by atoms with E-state index >= 15 is 0 Å². The minimum absolute atomic E-state index is 0.0642. The van der Waals surface area contributed by atoms with E-state index in [1.807, 2.05) is 0 Å². The summed E-state index contributed by atoms with van der Waals surface area (Å²) in [4.78, 5) is 44.2. The van der Waals surface area contributed by atoms with Crippen LogP contribution in [0.5, 0.6) is 0 Å². The fourth-order valence-electron chi connectivity index (χ4n) is 6.91. The molecular formula is C30H32FN3O4. The van der Waals surface area contributed by atoms with Crippen molar-refractivity contribution in [3.8, 4) is 11.4 Å². The third-order valence-corrected chi connectivity index (χ3v) is 9.01. The SMILES string of the molecule is CC[C@@]1(O)C(=O)CCc2c1cc1n(c2=O)Cc2c-1nc1cc(F)c(C)c3c1c2[C@@H](CC(=O)CCCN)CC3. The first kappa shape index (κ1) is 25.1. The van der Waals surface area contributed by atoms with E-state index in [2.05, 4.69) is 0 Å². The minimum Gasteiger partial charge on any atom is -0.377 e. The van der Waals surface area contributed by atoms with Gasteiger partial charge < -0.3 is 15.4 Å². The van der Waals surface area contributed by atoms with Crippen LogP contribution in [0.1, 0.15) is 84.7 Å². The number of hydrogen-bond donors (Lipinski definition) is 2. The van der Waals surface area contributed by atoms with Crippen molar-refractivity contribution in [1.82, 2.24) is 9.55 Å². The van der Waals surface area contributed by atoms with E-state index in [1.54, 1.807) is 24.5 Å². The topological polar surface area (TPSA) is 115 Å². The van der Waals surface area contributed by atoms with Crippen LogP contribution in [0.4, 0.5) is 4.39 Å². The summed E-state index contributed by atoms with van der Waals surface area (Å²) in [5, 5.41) is 12.2. The number of benzene rings is 1. The maximum absolute atomic E-state index is 15.0. The van der Waals surface area contributed by atoms with Crippen LogP contribution in [0.2, 0.25) is 0 Å². The standard InChI is InChI=1S/C30H32FN3O4/c1-3-30(38)21-12-24-28-20(14-34(24)29(37)19(21)8-9-25(30)36)26-16(11-17(35)5-4-10-32)6-7-18-15(2)22(31)13-23(33-28)27(18)26/h12-13,16,38H,3-11,14,32H2,1-2H3/t16-,30+/m1/s1. The first-order chi connectivity index (χ1) is 18.2. The lowest BCUT2D eigenvalue weighted by molar-refractivity contribution is -0.140. The largest absolute Gasteiger partial charge is 0.377 e. The summed E-state index contributed by atoms with van der Waals surface area (Å²) in [6.45, 7) is 4.28. The first-order valence-corrected chi connectivity index (χ1v) is 13.6. The number of carbonyl (C=O) groups is 2. The number of Topliss-reactive ketones (excluding diaryl/α,β-unsaturated/α-hetero) is 2. The summed E-state index contributed by atoms with van der Waals surface area (Å²) in [6.07, 6.45) is 3.40. The van der Waals surface area contributed by atoms with Crippen molar-refractivity contribution in [2.24, 2.45) is 5.73 Å². The van der Waals surface area contributed by atoms with Gasteiger partial charge in [-0.3, -0.25) is 14.4 Å². The second kappa shape index (κ2) is 8.92. The average molecular weight is 518 g/mol. The predicted octanol–water partition coefficient (Wildman–Crippen LogP) is 3.71. The molecule has 8 heteroatoms. The van der Waals surface area contributed by atoms with E-state index in [-0.39, 0.29) is 41.7 Å². The minimum atomic E-state index is -1.70. The van der Waals surface area contributed by atoms with Gasteiger partial charge in [0.2, 0.25) is 0 Å². The van der Waals surface area contributed by atoms with Crippen LogP contribution >= 0.6 is 0 Å². The maximum Gasteiger partial charge on any atom is 0.254 e. The zero-order chi connectivity index (χ0) is 26.9. The lowest BCUT2D eigenvalue weighted by Gasteiger charge is -2.32. The van der Waals surface area contributed by atoms with E-state index in [0.717, 1.165) is 22.1 Å². The number of aryl methyl sites for hydroxylation is 1. The highest BCUT2D eigenvalue weighted by Gasteiger charge is 2.43. The number of nitrogens with two attached hydrogens (primary N) is 1. The van der Waals surface area contributed by atoms with Crippen LogP contribution < -0.4 is 11.3 Å². The van der Waals surface area contributed by atoms with Crippen molar-refractivity contribution < 1.29 is 19.1 Å². The molecular weight excluding hydrogens is 485 g/mol. The van der Waals surface area contributed by atoms with E-state index < -0.39 is 5.60 Å². The Bertz CT molecular complexity index is 1610. The number of fused-ring (bicyclic) bond motifs is 5. The fraction of sp³-hybridized carbons (Fsp3) is 0.467. The Morgan fingerprint density at radius 3 is 2.74 bits per heavy atom. The molecule has 3 heterocycles. The molecule has 0 fully saturated rings. The molecule has 0 radical (unpaired) electrons. The summed E-state index contributed by atoms with van der Waals surface area (Å²) in [7, 11) is 0. The molecule has 0 saturated heterocycles. The Hall–Kier alpha value is -3.23. The summed E-state index contributed by atoms with van der Waals surface area (Å²) in [6, 6.07) is 3.19. The molecule has 6 rings (SSSR count). The van der Waals surface area contributed by atoms with Crippen LogP contribution in [0.15, 0.2) is 16.9 Å². The summed E-state index contributed by atoms with van der Waals surface area (Å²) in [5.41, 5.74) is 9.53. The fourth-order valence-corrected chi connectivity index (χ4v) is 6.91. The molecule has 1 aromatic carbocycles. The summed E-state index contributed by atoms with van der Waals surface area (Å²) in [5.74, 6) is -0.521. The highest BCUT2D eigenvalue weighted by molar-refractivity contribution is 5.94. The second-order valence-electron chi connectivity index (χ2n) is 11.0. The van der Waals surface area contributed by atoms with Crippen molar-refractivity contribution in [3.63, 3.8) is 0 Å². The van der Waals surface area contributed by atoms with Gasteiger partial charge in [0.25, 0.3) is 5.56 Å². The van der Waals surface area contributed by atoms with Crippen LogP contribution in [0.3, 0.4) is 0 Å². The molecule has 0 saturated carbocycles. The van der Waals surface area contributed by atoms with Crippen molar-refractivity contribution in [1.29, 1.82) is 0 Å². The molecule has 7 nitrogen and oxygen atoms in total. The Morgan fingerprint density at radius 2 is 2.00 bits per heavy atom. The normalized spacial score (nSPS) is 21.4. The van der Waals surface area contributed by atoms with Gasteiger partial charge in [0.1, 0.15) is 17.2 Å². The van der Waals surface area contributed by atoms with Crippen molar-refractivity contribution >= 4 is 22.5 Å². The molecule has 2 aliphatic carbocycles. The number of halogens is 1. The van der Waals surface area contributed by atoms with Gasteiger partial charge in [-0.2, -0.15) is 0 Å². The molecule has 3 aliphatic rings. The Kier molecular flexibility index (Phi) is 5.88. The molecule has 3 aromatic rings. The third-order valence-electron chi connectivity index (χ3n) is 9.01. The first-order valence-electron chi connectivity index (χ1n) is 13.6. The number of nitrogens with zero attached hydrogens (tertiary/aromatic N) is 2. The average Bonchev–Trinajstić information content (AvgIpc) is 3.27. The van der Waals surface area contributed by atoms with E-state index in [4.69, 9.17) is 10.7 Å². The monoisotopic (exact) mass is 517 g/mol. The lowest BCUT2D eigenvalue weighted by atomic mass is 9.76. The van der Waals surface area contributed by atoms with Gasteiger partial charge >= 0.3 is 0 Å². The number of aliphatic hydroxyl groups is 1. The number of hydrogen-bond acceptors (Lipinski definition) is 6. The van der Waals surface area contributed by atoms with E-state index in [0.29, 0.717) is 85.2 Å². The molecule has 0 unspecified atom stereocenters. The smallest absolute Gasteiger partial charge is 0.254 e. The zero-order valence-corrected chi connectivity index (χ0v) is 21.8. The number of pyridine rings is 2. The molecule has 1 aliphatic heterocycles. The van der Waals surface area contributed by atoms with Gasteiger partial charge in [0, 0.05) is 47.4 Å². The van der Waals surface area contributed by atoms with E-state index in [9.17, 15) is 23.9 Å². The molecule has 2 aromatic heterocycles. The third kappa shape index (κ3) is 3.46. The molecule has 198 valence electrons. The molecule has 38 heavy (non-hydrogen) atoms. The van der Waals surface area contributed by atoms with Gasteiger partial charge in [0.15, 0.2) is 5.78 Å². The second-order valence-corrected chi connectivity index (χ2v) is 11.0. The van der Waals surface area contributed by atoms with Gasteiger partial charge in [-0.15, -0.1) is 0 Å². The van der Waals surface area contributed by atoms with Gasteiger partial charge in [-0.25, -0.2) is 9.37 Å². The number of rotatable bonds is 6. The van der Waals surface area contributed by atoms with Crippen LogP contribution in [0, 0.1) is 12.7 Å². The molecule has 2 atom stereocenters. The van der Waals surface area contributed by atoms with Crippen molar-refractivity contribution in [2.45, 2.75) is 83.3 Å². The Labute approximate surface area is 219 Å². The summed E-state index contributed by atoms with van der Waals surface area (Å²) < 4.78 is 16.7. The highest BCUT2D eigenvalue weighted by Crippen LogP contribution is 2.47. The molecule has 0 amide bonds. The maximum atomic E-state index is 15.0. The molecule has 3 N–H and O–H groups in total.